The van der Waals surface area contributed by atoms with E-state index in [4.69, 9.17) is 9.47 Å². The quantitative estimate of drug-likeness (QED) is 0.520. The van der Waals surface area contributed by atoms with Gasteiger partial charge in [-0.25, -0.2) is 8.42 Å². The van der Waals surface area contributed by atoms with Crippen LogP contribution in [0.4, 0.5) is 5.69 Å². The summed E-state index contributed by atoms with van der Waals surface area (Å²) in [7, 11) is -3.84. The molecule has 0 aromatic heterocycles. The fourth-order valence-electron chi connectivity index (χ4n) is 4.85. The Morgan fingerprint density at radius 3 is 2.44 bits per heavy atom. The summed E-state index contributed by atoms with van der Waals surface area (Å²) in [5, 5.41) is 9.97. The minimum absolute atomic E-state index is 0.152. The van der Waals surface area contributed by atoms with E-state index < -0.39 is 16.1 Å². The van der Waals surface area contributed by atoms with E-state index in [0.29, 0.717) is 31.9 Å². The van der Waals surface area contributed by atoms with Gasteiger partial charge < -0.3 is 19.5 Å². The molecule has 5 rings (SSSR count). The molecule has 0 radical (unpaired) electrons. The average molecular weight is 509 g/mol. The summed E-state index contributed by atoms with van der Waals surface area (Å²) in [6.45, 7) is 3.97. The van der Waals surface area contributed by atoms with Crippen LogP contribution in [0, 0.1) is 0 Å². The maximum Gasteiger partial charge on any atom is 0.247 e. The molecule has 0 saturated carbocycles. The minimum Gasteiger partial charge on any atom is -0.485 e. The van der Waals surface area contributed by atoms with Crippen molar-refractivity contribution in [2.45, 2.75) is 43.1 Å². The predicted molar refractivity (Wildman–Crippen MR) is 139 cm³/mol. The van der Waals surface area contributed by atoms with Gasteiger partial charge in [0.2, 0.25) is 10.0 Å². The smallest absolute Gasteiger partial charge is 0.247 e. The molecule has 0 spiro atoms. The molecule has 3 atom stereocenters. The second kappa shape index (κ2) is 10.6. The predicted octanol–water partition coefficient (Wildman–Crippen LogP) is 3.99. The number of ether oxygens (including phenoxy) is 2. The molecule has 8 heteroatoms. The Kier molecular flexibility index (Phi) is 7.29. The van der Waals surface area contributed by atoms with Crippen LogP contribution >= 0.6 is 0 Å². The molecular formula is C28H32N2O5S. The van der Waals surface area contributed by atoms with Crippen molar-refractivity contribution in [2.24, 2.45) is 0 Å². The largest absolute Gasteiger partial charge is 0.485 e. The van der Waals surface area contributed by atoms with Crippen molar-refractivity contribution >= 4 is 15.7 Å². The number of sulfonamides is 1. The van der Waals surface area contributed by atoms with Crippen LogP contribution in [0.2, 0.25) is 0 Å². The van der Waals surface area contributed by atoms with E-state index in [1.54, 1.807) is 18.2 Å². The summed E-state index contributed by atoms with van der Waals surface area (Å²) in [5.41, 5.74) is 2.80. The first kappa shape index (κ1) is 24.8. The zero-order valence-electron chi connectivity index (χ0n) is 20.4. The Morgan fingerprint density at radius 2 is 1.75 bits per heavy atom. The van der Waals surface area contributed by atoms with Gasteiger partial charge in [-0.15, -0.1) is 0 Å². The van der Waals surface area contributed by atoms with Gasteiger partial charge in [-0.05, 0) is 36.6 Å². The van der Waals surface area contributed by atoms with Crippen molar-refractivity contribution in [2.75, 3.05) is 31.1 Å². The SMILES string of the molecule is C[C@@H](c1ccccc1)N1C[C@@H](COCc2ccccc2)Oc2cc(N3CC[C@@H](O)C3)ccc2S1(=O)=O. The van der Waals surface area contributed by atoms with Crippen molar-refractivity contribution < 1.29 is 23.0 Å². The van der Waals surface area contributed by atoms with Crippen molar-refractivity contribution in [1.29, 1.82) is 0 Å². The van der Waals surface area contributed by atoms with Gasteiger partial charge in [0.15, 0.2) is 0 Å². The van der Waals surface area contributed by atoms with Crippen molar-refractivity contribution in [1.82, 2.24) is 4.31 Å². The van der Waals surface area contributed by atoms with E-state index in [1.807, 2.05) is 67.6 Å². The first-order valence-electron chi connectivity index (χ1n) is 12.3. The van der Waals surface area contributed by atoms with E-state index in [2.05, 4.69) is 4.90 Å². The van der Waals surface area contributed by atoms with E-state index in [1.165, 1.54) is 4.31 Å². The van der Waals surface area contributed by atoms with Gasteiger partial charge in [-0.2, -0.15) is 4.31 Å². The maximum atomic E-state index is 13.9. The van der Waals surface area contributed by atoms with Crippen LogP contribution in [0.5, 0.6) is 5.75 Å². The highest BCUT2D eigenvalue weighted by Gasteiger charge is 2.38. The lowest BCUT2D eigenvalue weighted by atomic mass is 10.1. The molecule has 190 valence electrons. The Hall–Kier alpha value is -2.91. The first-order chi connectivity index (χ1) is 17.4. The Morgan fingerprint density at radius 1 is 1.03 bits per heavy atom. The summed E-state index contributed by atoms with van der Waals surface area (Å²) in [4.78, 5) is 2.20. The normalized spacial score (nSPS) is 22.4. The van der Waals surface area contributed by atoms with Gasteiger partial charge in [0.25, 0.3) is 0 Å². The molecule has 1 N–H and O–H groups in total. The maximum absolute atomic E-state index is 13.9. The lowest BCUT2D eigenvalue weighted by molar-refractivity contribution is 0.0313. The van der Waals surface area contributed by atoms with Crippen molar-refractivity contribution in [3.05, 3.63) is 90.0 Å². The van der Waals surface area contributed by atoms with Gasteiger partial charge in [-0.1, -0.05) is 60.7 Å². The molecule has 0 aliphatic carbocycles. The zero-order chi connectivity index (χ0) is 25.1. The van der Waals surface area contributed by atoms with Crippen LogP contribution in [0.3, 0.4) is 0 Å². The third-order valence-corrected chi connectivity index (χ3v) is 8.82. The lowest BCUT2D eigenvalue weighted by Crippen LogP contribution is -2.40. The Bertz CT molecular complexity index is 1270. The minimum atomic E-state index is -3.84. The van der Waals surface area contributed by atoms with Gasteiger partial charge in [0.1, 0.15) is 16.7 Å². The highest BCUT2D eigenvalue weighted by atomic mass is 32.2. The summed E-state index contributed by atoms with van der Waals surface area (Å²) >= 11 is 0. The molecule has 3 aromatic rings. The summed E-state index contributed by atoms with van der Waals surface area (Å²) < 4.78 is 41.7. The van der Waals surface area contributed by atoms with Crippen LogP contribution in [0.1, 0.15) is 30.5 Å². The standard InChI is InChI=1S/C28H32N2O5S/c1-21(23-10-6-3-7-11-23)30-18-26(20-34-19-22-8-4-2-5-9-22)35-27-16-24(29-15-14-25(31)17-29)12-13-28(27)36(30,32)33/h2-13,16,21,25-26,31H,14-15,17-20H2,1H3/t21-,25+,26-/m0/s1. The number of aliphatic hydroxyl groups excluding tert-OH is 1. The van der Waals surface area contributed by atoms with Crippen LogP contribution in [0.15, 0.2) is 83.8 Å². The van der Waals surface area contributed by atoms with Gasteiger partial charge >= 0.3 is 0 Å². The number of hydrogen-bond donors (Lipinski definition) is 1. The molecule has 0 amide bonds. The van der Waals surface area contributed by atoms with Crippen molar-refractivity contribution in [3.8, 4) is 5.75 Å². The van der Waals surface area contributed by atoms with E-state index in [9.17, 15) is 13.5 Å². The monoisotopic (exact) mass is 508 g/mol. The molecule has 0 unspecified atom stereocenters. The molecule has 36 heavy (non-hydrogen) atoms. The Balaban J connectivity index is 1.45. The number of aliphatic hydroxyl groups is 1. The average Bonchev–Trinajstić information content (AvgIpc) is 3.29. The number of anilines is 1. The van der Waals surface area contributed by atoms with Gasteiger partial charge in [0, 0.05) is 30.9 Å². The third-order valence-electron chi connectivity index (χ3n) is 6.85. The lowest BCUT2D eigenvalue weighted by Gasteiger charge is -2.29. The molecular weight excluding hydrogens is 476 g/mol. The second-order valence-corrected chi connectivity index (χ2v) is 11.3. The fraction of sp³-hybridized carbons (Fsp3) is 0.357. The molecule has 2 aliphatic rings. The highest BCUT2D eigenvalue weighted by Crippen LogP contribution is 2.38. The molecule has 3 aromatic carbocycles. The first-order valence-corrected chi connectivity index (χ1v) is 13.8. The summed E-state index contributed by atoms with van der Waals surface area (Å²) in [6, 6.07) is 24.3. The second-order valence-electron chi connectivity index (χ2n) is 9.42. The molecule has 0 bridgehead atoms. The molecule has 2 heterocycles. The zero-order valence-corrected chi connectivity index (χ0v) is 21.2. The number of nitrogens with zero attached hydrogens (tertiary/aromatic N) is 2. The van der Waals surface area contributed by atoms with Gasteiger partial charge in [0.05, 0.1) is 25.9 Å². The van der Waals surface area contributed by atoms with E-state index in [-0.39, 0.29) is 30.2 Å². The van der Waals surface area contributed by atoms with Crippen LogP contribution in [-0.4, -0.2) is 56.3 Å². The Labute approximate surface area is 212 Å². The topological polar surface area (TPSA) is 79.3 Å². The fourth-order valence-corrected chi connectivity index (χ4v) is 6.60. The van der Waals surface area contributed by atoms with Crippen LogP contribution < -0.4 is 9.64 Å². The summed E-state index contributed by atoms with van der Waals surface area (Å²) in [6.07, 6.45) is -0.181. The van der Waals surface area contributed by atoms with E-state index in [0.717, 1.165) is 16.8 Å². The van der Waals surface area contributed by atoms with E-state index >= 15 is 0 Å². The molecule has 2 aliphatic heterocycles. The van der Waals surface area contributed by atoms with Gasteiger partial charge in [-0.3, -0.25) is 0 Å². The highest BCUT2D eigenvalue weighted by molar-refractivity contribution is 7.89. The summed E-state index contributed by atoms with van der Waals surface area (Å²) in [5.74, 6) is 0.324. The molecule has 1 fully saturated rings. The number of fused-ring (bicyclic) bond motifs is 1. The number of benzene rings is 3. The number of rotatable bonds is 7. The van der Waals surface area contributed by atoms with Crippen LogP contribution in [-0.2, 0) is 21.4 Å². The van der Waals surface area contributed by atoms with Crippen molar-refractivity contribution in [3.63, 3.8) is 0 Å². The van der Waals surface area contributed by atoms with Crippen LogP contribution in [0.25, 0.3) is 0 Å². The molecule has 1 saturated heterocycles. The number of hydrogen-bond acceptors (Lipinski definition) is 6. The number of β-amino-alcohol motifs (C(OH)–C–C–N with tert-alkyl or cyclic N) is 1. The third kappa shape index (κ3) is 5.27. The molecule has 7 nitrogen and oxygen atoms in total.